The number of esters is 1. The van der Waals surface area contributed by atoms with E-state index in [1.807, 2.05) is 30.3 Å². The van der Waals surface area contributed by atoms with Crippen molar-refractivity contribution >= 4 is 30.9 Å². The van der Waals surface area contributed by atoms with Crippen LogP contribution in [0.15, 0.2) is 54.6 Å². The molecule has 2 rings (SSSR count). The van der Waals surface area contributed by atoms with Crippen molar-refractivity contribution in [1.29, 1.82) is 0 Å². The number of allylic oxidation sites excluding steroid dienone is 2. The van der Waals surface area contributed by atoms with Gasteiger partial charge in [-0.2, -0.15) is 0 Å². The molecule has 0 spiro atoms. The maximum Gasteiger partial charge on any atom is 0.305 e. The van der Waals surface area contributed by atoms with E-state index in [1.54, 1.807) is 0 Å². The zero-order valence-corrected chi connectivity index (χ0v) is 37.1. The van der Waals surface area contributed by atoms with Gasteiger partial charge in [-0.3, -0.25) is 4.79 Å². The number of benzene rings is 1. The molecule has 1 saturated carbocycles. The van der Waals surface area contributed by atoms with Crippen molar-refractivity contribution < 1.29 is 27.5 Å². The lowest BCUT2D eigenvalue weighted by Gasteiger charge is -2.40. The minimum atomic E-state index is -2.11. The van der Waals surface area contributed by atoms with Crippen molar-refractivity contribution in [2.24, 2.45) is 11.8 Å². The van der Waals surface area contributed by atoms with E-state index >= 15 is 0 Å². The molecule has 1 aromatic carbocycles. The third-order valence-electron chi connectivity index (χ3n) is 11.6. The van der Waals surface area contributed by atoms with Crippen LogP contribution in [0.1, 0.15) is 88.0 Å². The molecule has 0 N–H and O–H groups in total. The van der Waals surface area contributed by atoms with E-state index in [1.165, 1.54) is 7.11 Å². The fourth-order valence-electron chi connectivity index (χ4n) is 5.34. The second-order valence-electron chi connectivity index (χ2n) is 18.6. The topological polar surface area (TPSA) is 63.2 Å². The number of rotatable bonds is 16. The van der Waals surface area contributed by atoms with Gasteiger partial charge in [-0.25, -0.2) is 0 Å². The third kappa shape index (κ3) is 12.9. The average molecular weight is 733 g/mol. The Morgan fingerprint density at radius 1 is 0.796 bits per heavy atom. The number of hydrogen-bond donors (Lipinski definition) is 0. The number of ether oxygens (including phenoxy) is 2. The quantitative estimate of drug-likeness (QED) is 0.0958. The fourth-order valence-corrected chi connectivity index (χ4v) is 9.34. The van der Waals surface area contributed by atoms with Crippen molar-refractivity contribution in [2.45, 2.75) is 161 Å². The first-order valence-electron chi connectivity index (χ1n) is 18.4. The van der Waals surface area contributed by atoms with Gasteiger partial charge in [-0.1, -0.05) is 105 Å². The lowest BCUT2D eigenvalue weighted by Crippen LogP contribution is -2.45. The lowest BCUT2D eigenvalue weighted by molar-refractivity contribution is -0.140. The van der Waals surface area contributed by atoms with Crippen LogP contribution < -0.4 is 4.74 Å². The Labute approximate surface area is 304 Å². The highest BCUT2D eigenvalue weighted by atomic mass is 28.4. The average Bonchev–Trinajstić information content (AvgIpc) is 3.26. The summed E-state index contributed by atoms with van der Waals surface area (Å²) in [7, 11) is -4.85. The van der Waals surface area contributed by atoms with Crippen molar-refractivity contribution in [3.05, 3.63) is 54.6 Å². The normalized spacial score (nSPS) is 22.2. The molecule has 49 heavy (non-hydrogen) atoms. The summed E-state index contributed by atoms with van der Waals surface area (Å²) in [4.78, 5) is 11.8. The summed E-state index contributed by atoms with van der Waals surface area (Å²) >= 11 is 0. The molecular weight excluding hydrogens is 661 g/mol. The van der Waals surface area contributed by atoms with Gasteiger partial charge in [0.25, 0.3) is 0 Å². The maximum absolute atomic E-state index is 11.8. The molecule has 1 aliphatic carbocycles. The molecule has 0 radical (unpaired) electrons. The van der Waals surface area contributed by atoms with Crippen LogP contribution >= 0.6 is 0 Å². The van der Waals surface area contributed by atoms with E-state index in [4.69, 9.17) is 22.8 Å². The van der Waals surface area contributed by atoms with Crippen molar-refractivity contribution in [2.75, 3.05) is 13.7 Å². The van der Waals surface area contributed by atoms with Gasteiger partial charge >= 0.3 is 5.97 Å². The molecule has 0 saturated heterocycles. The number of carbonyl (C=O) groups is 1. The Balaban J connectivity index is 2.59. The zero-order valence-electron chi connectivity index (χ0n) is 34.1. The van der Waals surface area contributed by atoms with E-state index in [2.05, 4.69) is 126 Å². The van der Waals surface area contributed by atoms with Gasteiger partial charge in [0.15, 0.2) is 25.0 Å². The van der Waals surface area contributed by atoms with E-state index in [0.717, 1.165) is 18.6 Å². The van der Waals surface area contributed by atoms with Crippen LogP contribution in [0.3, 0.4) is 0 Å². The Kier molecular flexibility index (Phi) is 15.5. The minimum Gasteiger partial charge on any atom is -0.491 e. The highest BCUT2D eigenvalue weighted by Crippen LogP contribution is 2.48. The van der Waals surface area contributed by atoms with Crippen molar-refractivity contribution in [1.82, 2.24) is 0 Å². The van der Waals surface area contributed by atoms with Crippen LogP contribution in [0.5, 0.6) is 5.75 Å². The number of hydrogen-bond acceptors (Lipinski definition) is 6. The Morgan fingerprint density at radius 3 is 1.84 bits per heavy atom. The number of methoxy groups -OCH3 is 1. The van der Waals surface area contributed by atoms with Gasteiger partial charge in [0.05, 0.1) is 25.4 Å². The van der Waals surface area contributed by atoms with Crippen LogP contribution in [-0.4, -0.2) is 63.0 Å². The van der Waals surface area contributed by atoms with Crippen LogP contribution in [-0.2, 0) is 22.8 Å². The molecule has 0 bridgehead atoms. The standard InChI is InChI=1S/C40H72O6Si3/c1-38(2,3)47(11,12)44-32(30-43-31-23-19-17-20-24-31)27-28-34-33(25-21-18-22-26-37(41)42-10)35(45-48(13,14)39(4,5)6)29-36(34)46-49(15,16)40(7,8)9/h17-21,23-24,27-28,32-36H,22,25-26,29-30H2,1-16H3/b21-18-,28-27+/t32-,33-,34-,35+,36-/m1/s1. The van der Waals surface area contributed by atoms with Gasteiger partial charge in [0, 0.05) is 12.3 Å². The second-order valence-corrected chi connectivity index (χ2v) is 32.8. The highest BCUT2D eigenvalue weighted by Gasteiger charge is 2.50. The summed E-state index contributed by atoms with van der Waals surface area (Å²) in [5, 5.41) is 0.238. The first kappa shape index (κ1) is 43.7. The van der Waals surface area contributed by atoms with Gasteiger partial charge in [-0.05, 0) is 91.7 Å². The van der Waals surface area contributed by atoms with E-state index in [-0.39, 0.29) is 51.2 Å². The summed E-state index contributed by atoms with van der Waals surface area (Å²) in [6.45, 7) is 35.2. The molecule has 6 nitrogen and oxygen atoms in total. The molecule has 0 aliphatic heterocycles. The zero-order chi connectivity index (χ0) is 37.5. The molecule has 1 aromatic rings. The van der Waals surface area contributed by atoms with E-state index in [9.17, 15) is 4.79 Å². The Morgan fingerprint density at radius 2 is 1.33 bits per heavy atom. The smallest absolute Gasteiger partial charge is 0.305 e. The van der Waals surface area contributed by atoms with E-state index < -0.39 is 25.0 Å². The summed E-state index contributed by atoms with van der Waals surface area (Å²) in [6.07, 6.45) is 11.7. The summed E-state index contributed by atoms with van der Waals surface area (Å²) < 4.78 is 32.8. The molecule has 1 fully saturated rings. The largest absolute Gasteiger partial charge is 0.491 e. The van der Waals surface area contributed by atoms with Crippen molar-refractivity contribution in [3.63, 3.8) is 0 Å². The van der Waals surface area contributed by atoms with Crippen LogP contribution in [0.25, 0.3) is 0 Å². The molecule has 9 heteroatoms. The second kappa shape index (κ2) is 17.3. The first-order valence-corrected chi connectivity index (χ1v) is 27.2. The van der Waals surface area contributed by atoms with Crippen LogP contribution in [0.4, 0.5) is 0 Å². The molecule has 280 valence electrons. The predicted octanol–water partition coefficient (Wildman–Crippen LogP) is 11.3. The van der Waals surface area contributed by atoms with Crippen molar-refractivity contribution in [3.8, 4) is 5.75 Å². The van der Waals surface area contributed by atoms with Gasteiger partial charge < -0.3 is 22.8 Å². The molecule has 0 amide bonds. The third-order valence-corrected chi connectivity index (χ3v) is 25.2. The van der Waals surface area contributed by atoms with Crippen LogP contribution in [0.2, 0.25) is 54.4 Å². The highest BCUT2D eigenvalue weighted by molar-refractivity contribution is 6.75. The molecular formula is C40H72O6Si3. The van der Waals surface area contributed by atoms with Crippen LogP contribution in [0, 0.1) is 11.8 Å². The summed E-state index contributed by atoms with van der Waals surface area (Å²) in [5.41, 5.74) is 0. The minimum absolute atomic E-state index is 0.0314. The Hall–Kier alpha value is -1.50. The predicted molar refractivity (Wildman–Crippen MR) is 214 cm³/mol. The lowest BCUT2D eigenvalue weighted by atomic mass is 9.89. The first-order chi connectivity index (χ1) is 22.3. The number of para-hydroxylation sites is 1. The Bertz CT molecular complexity index is 1220. The van der Waals surface area contributed by atoms with Gasteiger partial charge in [0.1, 0.15) is 12.4 Å². The van der Waals surface area contributed by atoms with Gasteiger partial charge in [-0.15, -0.1) is 0 Å². The number of carbonyl (C=O) groups excluding carboxylic acids is 1. The van der Waals surface area contributed by atoms with E-state index in [0.29, 0.717) is 19.4 Å². The molecule has 0 unspecified atom stereocenters. The summed E-state index contributed by atoms with van der Waals surface area (Å²) in [6, 6.07) is 10.0. The monoisotopic (exact) mass is 732 g/mol. The van der Waals surface area contributed by atoms with Gasteiger partial charge in [0.2, 0.25) is 0 Å². The maximum atomic E-state index is 11.8. The SMILES string of the molecule is COC(=O)CC/C=C\C[C@@H]1[C@@H](/C=C/[C@H](COc2ccccc2)O[Si](C)(C)C(C)(C)C)[C@H](O[Si](C)(C)C(C)(C)C)C[C@@H]1O[Si](C)(C)C(C)(C)C. The summed E-state index contributed by atoms with van der Waals surface area (Å²) in [5.74, 6) is 1.02. The molecule has 0 heterocycles. The fraction of sp³-hybridized carbons (Fsp3) is 0.725. The molecule has 5 atom stereocenters. The molecule has 0 aromatic heterocycles. The molecule has 1 aliphatic rings.